The number of likely N-dealkylation sites (N-methyl/N-ethyl adjacent to an activating group) is 1. The Morgan fingerprint density at radius 2 is 1.77 bits per heavy atom. The Balaban J connectivity index is 2.23. The van der Waals surface area contributed by atoms with Gasteiger partial charge in [-0.15, -0.1) is 0 Å². The van der Waals surface area contributed by atoms with Gasteiger partial charge in [-0.3, -0.25) is 9.59 Å². The van der Waals surface area contributed by atoms with E-state index < -0.39 is 6.04 Å². The molecule has 2 aromatic carbocycles. The molecule has 2 rings (SSSR count). The van der Waals surface area contributed by atoms with Crippen molar-refractivity contribution in [1.29, 1.82) is 0 Å². The van der Waals surface area contributed by atoms with Crippen LogP contribution in [0.25, 0.3) is 0 Å². The largest absolute Gasteiger partial charge is 0.483 e. The molecule has 2 amide bonds. The second-order valence-electron chi connectivity index (χ2n) is 8.20. The van der Waals surface area contributed by atoms with Crippen molar-refractivity contribution < 1.29 is 14.3 Å². The molecule has 0 heterocycles. The van der Waals surface area contributed by atoms with Gasteiger partial charge >= 0.3 is 0 Å². The molecule has 31 heavy (non-hydrogen) atoms. The normalized spacial score (nSPS) is 12.3. The second-order valence-corrected chi connectivity index (χ2v) is 9.86. The lowest BCUT2D eigenvalue weighted by Gasteiger charge is -2.29. The molecule has 1 atom stereocenters. The quantitative estimate of drug-likeness (QED) is 0.508. The first kappa shape index (κ1) is 25.5. The maximum absolute atomic E-state index is 13.1. The molecule has 5 nitrogen and oxygen atoms in total. The van der Waals surface area contributed by atoms with Gasteiger partial charge in [0.05, 0.1) is 4.47 Å². The van der Waals surface area contributed by atoms with Crippen molar-refractivity contribution in [2.24, 2.45) is 0 Å². The number of carbonyl (C=O) groups excluding carboxylic acids is 2. The Morgan fingerprint density at radius 1 is 1.16 bits per heavy atom. The van der Waals surface area contributed by atoms with Gasteiger partial charge < -0.3 is 15.0 Å². The molecule has 0 aliphatic carbocycles. The number of benzene rings is 2. The minimum Gasteiger partial charge on any atom is -0.483 e. The third-order valence-corrected chi connectivity index (χ3v) is 6.28. The monoisotopic (exact) mass is 528 g/mol. The van der Waals surface area contributed by atoms with Crippen LogP contribution in [0, 0.1) is 0 Å². The SMILES string of the molecule is CNC(=O)[C@@H](C)N(Cc1c(Cl)cccc1Cl)C(=O)COc1ccc(C(C)(C)C)cc1Br. The predicted octanol–water partition coefficient (Wildman–Crippen LogP) is 5.60. The number of nitrogens with one attached hydrogen (secondary N) is 1. The van der Waals surface area contributed by atoms with Gasteiger partial charge in [0, 0.05) is 29.2 Å². The zero-order chi connectivity index (χ0) is 23.3. The summed E-state index contributed by atoms with van der Waals surface area (Å²) >= 11 is 16.1. The van der Waals surface area contributed by atoms with Crippen LogP contribution in [-0.4, -0.2) is 36.4 Å². The molecule has 0 spiro atoms. The fraction of sp³-hybridized carbons (Fsp3) is 0.391. The molecular formula is C23H27BrCl2N2O3. The topological polar surface area (TPSA) is 58.6 Å². The minimum absolute atomic E-state index is 0.00909. The summed E-state index contributed by atoms with van der Waals surface area (Å²) in [4.78, 5) is 26.7. The molecule has 0 fully saturated rings. The van der Waals surface area contributed by atoms with E-state index in [1.54, 1.807) is 25.1 Å². The van der Waals surface area contributed by atoms with Gasteiger partial charge in [-0.05, 0) is 58.1 Å². The van der Waals surface area contributed by atoms with Crippen LogP contribution in [0.1, 0.15) is 38.8 Å². The van der Waals surface area contributed by atoms with Crippen molar-refractivity contribution >= 4 is 50.9 Å². The standard InChI is InChI=1S/C23H27BrCl2N2O3/c1-14(22(30)27-5)28(12-16-18(25)7-6-8-19(16)26)21(29)13-31-20-10-9-15(11-17(20)24)23(2,3)4/h6-11,14H,12-13H2,1-5H3,(H,27,30)/t14-/m1/s1. The third-order valence-electron chi connectivity index (χ3n) is 4.95. The van der Waals surface area contributed by atoms with E-state index in [1.165, 1.54) is 11.9 Å². The zero-order valence-electron chi connectivity index (χ0n) is 18.3. The Bertz CT molecular complexity index is 940. The number of ether oxygens (including phenoxy) is 1. The van der Waals surface area contributed by atoms with E-state index in [4.69, 9.17) is 27.9 Å². The zero-order valence-corrected chi connectivity index (χ0v) is 21.4. The van der Waals surface area contributed by atoms with Crippen molar-refractivity contribution in [2.75, 3.05) is 13.7 Å². The number of carbonyl (C=O) groups is 2. The van der Waals surface area contributed by atoms with Gasteiger partial charge in [0.2, 0.25) is 5.91 Å². The number of amides is 2. The third kappa shape index (κ3) is 6.61. The van der Waals surface area contributed by atoms with E-state index in [-0.39, 0.29) is 30.4 Å². The molecule has 0 aromatic heterocycles. The Kier molecular flexibility index (Phi) is 8.81. The molecule has 0 aliphatic heterocycles. The molecule has 168 valence electrons. The first-order chi connectivity index (χ1) is 14.5. The van der Waals surface area contributed by atoms with Gasteiger partial charge in [0.15, 0.2) is 6.61 Å². The van der Waals surface area contributed by atoms with Crippen LogP contribution in [-0.2, 0) is 21.5 Å². The average molecular weight is 530 g/mol. The fourth-order valence-corrected chi connectivity index (χ4v) is 3.96. The number of hydrogen-bond donors (Lipinski definition) is 1. The Hall–Kier alpha value is -1.76. The van der Waals surface area contributed by atoms with Crippen LogP contribution >= 0.6 is 39.1 Å². The molecule has 0 saturated heterocycles. The van der Waals surface area contributed by atoms with Crippen LogP contribution in [0.15, 0.2) is 40.9 Å². The lowest BCUT2D eigenvalue weighted by atomic mass is 9.87. The second kappa shape index (κ2) is 10.7. The van der Waals surface area contributed by atoms with E-state index in [0.717, 1.165) is 10.0 Å². The lowest BCUT2D eigenvalue weighted by molar-refractivity contribution is -0.142. The highest BCUT2D eigenvalue weighted by Gasteiger charge is 2.27. The molecule has 1 N–H and O–H groups in total. The minimum atomic E-state index is -0.736. The van der Waals surface area contributed by atoms with Gasteiger partial charge in [-0.25, -0.2) is 0 Å². The fourth-order valence-electron chi connectivity index (χ4n) is 2.95. The Labute approximate surface area is 202 Å². The predicted molar refractivity (Wildman–Crippen MR) is 129 cm³/mol. The maximum atomic E-state index is 13.1. The molecule has 8 heteroatoms. The average Bonchev–Trinajstić information content (AvgIpc) is 2.70. The molecule has 0 bridgehead atoms. The van der Waals surface area contributed by atoms with Crippen LogP contribution in [0.2, 0.25) is 10.0 Å². The molecular weight excluding hydrogens is 503 g/mol. The summed E-state index contributed by atoms with van der Waals surface area (Å²) in [5, 5.41) is 3.42. The number of rotatable bonds is 7. The summed E-state index contributed by atoms with van der Waals surface area (Å²) in [5.41, 5.74) is 1.71. The van der Waals surface area contributed by atoms with Crippen LogP contribution in [0.3, 0.4) is 0 Å². The summed E-state index contributed by atoms with van der Waals surface area (Å²) in [6.07, 6.45) is 0. The van der Waals surface area contributed by atoms with E-state index in [1.807, 2.05) is 18.2 Å². The highest BCUT2D eigenvalue weighted by atomic mass is 79.9. The summed E-state index contributed by atoms with van der Waals surface area (Å²) in [6.45, 7) is 7.86. The van der Waals surface area contributed by atoms with Crippen LogP contribution < -0.4 is 10.1 Å². The van der Waals surface area contributed by atoms with Crippen LogP contribution in [0.5, 0.6) is 5.75 Å². The van der Waals surface area contributed by atoms with Gasteiger partial charge in [-0.1, -0.05) is 56.1 Å². The van der Waals surface area contributed by atoms with Crippen molar-refractivity contribution in [3.8, 4) is 5.75 Å². The summed E-state index contributed by atoms with van der Waals surface area (Å²) in [6, 6.07) is 10.2. The van der Waals surface area contributed by atoms with Crippen molar-refractivity contribution in [1.82, 2.24) is 10.2 Å². The van der Waals surface area contributed by atoms with E-state index in [9.17, 15) is 9.59 Å². The highest BCUT2D eigenvalue weighted by Crippen LogP contribution is 2.32. The van der Waals surface area contributed by atoms with E-state index in [0.29, 0.717) is 21.4 Å². The lowest BCUT2D eigenvalue weighted by Crippen LogP contribution is -2.48. The molecule has 0 saturated carbocycles. The summed E-state index contributed by atoms with van der Waals surface area (Å²) in [5.74, 6) is -0.115. The highest BCUT2D eigenvalue weighted by molar-refractivity contribution is 9.10. The van der Waals surface area contributed by atoms with Gasteiger partial charge in [0.1, 0.15) is 11.8 Å². The number of hydrogen-bond acceptors (Lipinski definition) is 3. The number of nitrogens with zero attached hydrogens (tertiary/aromatic N) is 1. The van der Waals surface area contributed by atoms with Crippen molar-refractivity contribution in [3.63, 3.8) is 0 Å². The van der Waals surface area contributed by atoms with Gasteiger partial charge in [-0.2, -0.15) is 0 Å². The first-order valence-electron chi connectivity index (χ1n) is 9.82. The summed E-state index contributed by atoms with van der Waals surface area (Å²) in [7, 11) is 1.52. The van der Waals surface area contributed by atoms with E-state index >= 15 is 0 Å². The molecule has 2 aromatic rings. The Morgan fingerprint density at radius 3 is 2.29 bits per heavy atom. The van der Waals surface area contributed by atoms with Crippen molar-refractivity contribution in [3.05, 3.63) is 62.0 Å². The van der Waals surface area contributed by atoms with E-state index in [2.05, 4.69) is 42.0 Å². The molecule has 0 unspecified atom stereocenters. The molecule has 0 radical (unpaired) electrons. The summed E-state index contributed by atoms with van der Waals surface area (Å²) < 4.78 is 6.53. The first-order valence-corrected chi connectivity index (χ1v) is 11.4. The smallest absolute Gasteiger partial charge is 0.261 e. The van der Waals surface area contributed by atoms with Crippen LogP contribution in [0.4, 0.5) is 0 Å². The van der Waals surface area contributed by atoms with Gasteiger partial charge in [0.25, 0.3) is 5.91 Å². The van der Waals surface area contributed by atoms with Crippen molar-refractivity contribution in [2.45, 2.75) is 45.7 Å². The molecule has 0 aliphatic rings. The number of halogens is 3. The maximum Gasteiger partial charge on any atom is 0.261 e.